The summed E-state index contributed by atoms with van der Waals surface area (Å²) in [6.45, 7) is 2.77. The number of urea groups is 1. The number of aromatic carboxylic acids is 1. The summed E-state index contributed by atoms with van der Waals surface area (Å²) in [6.07, 6.45) is 2.40. The summed E-state index contributed by atoms with van der Waals surface area (Å²) in [5, 5.41) is 11.1. The van der Waals surface area contributed by atoms with Gasteiger partial charge in [0.25, 0.3) is 0 Å². The van der Waals surface area contributed by atoms with Crippen molar-refractivity contribution < 1.29 is 19.5 Å². The number of hydrogen-bond donors (Lipinski definition) is 2. The second-order valence-electron chi connectivity index (χ2n) is 8.99. The Bertz CT molecular complexity index is 1670. The molecular weight excluding hydrogens is 502 g/mol. The summed E-state index contributed by atoms with van der Waals surface area (Å²) >= 11 is 1.13. The minimum atomic E-state index is -1.09. The highest BCUT2D eigenvalue weighted by molar-refractivity contribution is 7.00. The standard InChI is InChI=1S/C28H25N5O4S/c1-2-3-12-32(28(29)37)20-9-11-24-21(14-20)25(19-7-4-17(16-34)5-8-19)26(27(35)36)33(24)15-18-6-10-22-23(13-18)31-38-30-22/h4-11,13-14,16H,2-3,12,15H2,1H3,(H2,29,37)(H,35,36). The van der Waals surface area contributed by atoms with Gasteiger partial charge < -0.3 is 15.4 Å². The zero-order valence-electron chi connectivity index (χ0n) is 20.6. The molecule has 0 spiro atoms. The Labute approximate surface area is 222 Å². The lowest BCUT2D eigenvalue weighted by Crippen LogP contribution is -2.36. The number of carboxylic acids is 1. The molecule has 2 amide bonds. The molecule has 5 rings (SSSR count). The molecule has 0 fully saturated rings. The number of anilines is 1. The van der Waals surface area contributed by atoms with Gasteiger partial charge in [-0.2, -0.15) is 8.75 Å². The van der Waals surface area contributed by atoms with E-state index in [-0.39, 0.29) is 12.2 Å². The lowest BCUT2D eigenvalue weighted by molar-refractivity contribution is 0.0687. The number of unbranched alkanes of at least 4 members (excludes halogenated alkanes) is 1. The van der Waals surface area contributed by atoms with Crippen LogP contribution in [-0.4, -0.2) is 43.3 Å². The van der Waals surface area contributed by atoms with E-state index >= 15 is 0 Å². The second kappa shape index (κ2) is 10.4. The smallest absolute Gasteiger partial charge is 0.353 e. The highest BCUT2D eigenvalue weighted by Crippen LogP contribution is 2.38. The SMILES string of the molecule is CCCCN(C(N)=O)c1ccc2c(c1)c(-c1ccc(C=O)cc1)c(C(=O)O)n2Cc1ccc2nsnc2c1. The van der Waals surface area contributed by atoms with E-state index in [1.54, 1.807) is 34.9 Å². The Morgan fingerprint density at radius 1 is 1.05 bits per heavy atom. The van der Waals surface area contributed by atoms with Crippen molar-refractivity contribution in [2.45, 2.75) is 26.3 Å². The first-order valence-corrected chi connectivity index (χ1v) is 12.9. The Balaban J connectivity index is 1.74. The molecule has 2 aromatic heterocycles. The maximum Gasteiger partial charge on any atom is 0.353 e. The number of nitrogens with zero attached hydrogens (tertiary/aromatic N) is 4. The van der Waals surface area contributed by atoms with Crippen LogP contribution < -0.4 is 10.6 Å². The molecule has 0 aliphatic carbocycles. The van der Waals surface area contributed by atoms with Crippen LogP contribution in [0.15, 0.2) is 60.7 Å². The number of hydrogen-bond acceptors (Lipinski definition) is 6. The van der Waals surface area contributed by atoms with Gasteiger partial charge in [0, 0.05) is 40.8 Å². The number of nitrogens with two attached hydrogens (primary N) is 1. The monoisotopic (exact) mass is 527 g/mol. The van der Waals surface area contributed by atoms with Crippen molar-refractivity contribution in [3.05, 3.63) is 77.5 Å². The van der Waals surface area contributed by atoms with E-state index in [2.05, 4.69) is 8.75 Å². The molecule has 0 saturated heterocycles. The summed E-state index contributed by atoms with van der Waals surface area (Å²) in [4.78, 5) is 37.8. The molecule has 0 aliphatic heterocycles. The van der Waals surface area contributed by atoms with E-state index in [1.807, 2.05) is 37.3 Å². The average Bonchev–Trinajstić information content (AvgIpc) is 3.51. The average molecular weight is 528 g/mol. The van der Waals surface area contributed by atoms with Crippen LogP contribution in [0.5, 0.6) is 0 Å². The molecule has 3 aromatic carbocycles. The molecule has 38 heavy (non-hydrogen) atoms. The van der Waals surface area contributed by atoms with Crippen molar-refractivity contribution >= 4 is 57.6 Å². The van der Waals surface area contributed by atoms with E-state index in [4.69, 9.17) is 5.73 Å². The van der Waals surface area contributed by atoms with Gasteiger partial charge in [-0.1, -0.05) is 43.7 Å². The molecular formula is C28H25N5O4S. The molecule has 5 aromatic rings. The van der Waals surface area contributed by atoms with Gasteiger partial charge in [0.2, 0.25) is 0 Å². The number of carboxylic acid groups (broad SMARTS) is 1. The third-order valence-electron chi connectivity index (χ3n) is 6.56. The van der Waals surface area contributed by atoms with Crippen LogP contribution in [-0.2, 0) is 6.54 Å². The maximum absolute atomic E-state index is 12.8. The number of carbonyl (C=O) groups is 3. The number of amides is 2. The summed E-state index contributed by atoms with van der Waals surface area (Å²) < 4.78 is 10.3. The number of aldehydes is 1. The molecule has 0 saturated carbocycles. The van der Waals surface area contributed by atoms with E-state index in [1.165, 1.54) is 4.90 Å². The minimum absolute atomic E-state index is 0.103. The highest BCUT2D eigenvalue weighted by Gasteiger charge is 2.25. The lowest BCUT2D eigenvalue weighted by atomic mass is 10.00. The fourth-order valence-corrected chi connectivity index (χ4v) is 5.23. The van der Waals surface area contributed by atoms with Crippen LogP contribution in [0.1, 0.15) is 46.2 Å². The van der Waals surface area contributed by atoms with Gasteiger partial charge in [-0.3, -0.25) is 9.69 Å². The Morgan fingerprint density at radius 2 is 1.82 bits per heavy atom. The minimum Gasteiger partial charge on any atom is -0.477 e. The van der Waals surface area contributed by atoms with Crippen LogP contribution in [0.25, 0.3) is 33.1 Å². The molecule has 0 unspecified atom stereocenters. The van der Waals surface area contributed by atoms with Crippen molar-refractivity contribution in [3.8, 4) is 11.1 Å². The normalized spacial score (nSPS) is 11.2. The fourth-order valence-electron chi connectivity index (χ4n) is 4.71. The van der Waals surface area contributed by atoms with Crippen LogP contribution in [0, 0.1) is 0 Å². The number of benzene rings is 3. The lowest BCUT2D eigenvalue weighted by Gasteiger charge is -2.20. The highest BCUT2D eigenvalue weighted by atomic mass is 32.1. The molecule has 0 aliphatic rings. The van der Waals surface area contributed by atoms with Gasteiger partial charge in [-0.05, 0) is 47.9 Å². The molecule has 0 atom stereocenters. The van der Waals surface area contributed by atoms with Crippen LogP contribution in [0.4, 0.5) is 10.5 Å². The predicted octanol–water partition coefficient (Wildman–Crippen LogP) is 5.56. The number of primary amides is 1. The molecule has 3 N–H and O–H groups in total. The summed E-state index contributed by atoms with van der Waals surface area (Å²) in [7, 11) is 0. The van der Waals surface area contributed by atoms with E-state index < -0.39 is 12.0 Å². The topological polar surface area (TPSA) is 131 Å². The Kier molecular flexibility index (Phi) is 6.89. The quantitative estimate of drug-likeness (QED) is 0.241. The Hall–Kier alpha value is -4.57. The van der Waals surface area contributed by atoms with E-state index in [0.29, 0.717) is 39.8 Å². The van der Waals surface area contributed by atoms with Crippen molar-refractivity contribution in [2.24, 2.45) is 5.73 Å². The molecule has 0 radical (unpaired) electrons. The molecule has 2 heterocycles. The number of fused-ring (bicyclic) bond motifs is 2. The van der Waals surface area contributed by atoms with Gasteiger partial charge in [0.05, 0.1) is 11.7 Å². The van der Waals surface area contributed by atoms with Gasteiger partial charge in [0.15, 0.2) is 0 Å². The summed E-state index contributed by atoms with van der Waals surface area (Å²) in [5.74, 6) is -1.09. The van der Waals surface area contributed by atoms with Crippen molar-refractivity contribution in [3.63, 3.8) is 0 Å². The van der Waals surface area contributed by atoms with Crippen LogP contribution >= 0.6 is 11.7 Å². The van der Waals surface area contributed by atoms with Crippen molar-refractivity contribution in [1.29, 1.82) is 0 Å². The van der Waals surface area contributed by atoms with Crippen molar-refractivity contribution in [1.82, 2.24) is 13.3 Å². The van der Waals surface area contributed by atoms with E-state index in [0.717, 1.165) is 47.5 Å². The Morgan fingerprint density at radius 3 is 2.50 bits per heavy atom. The number of rotatable bonds is 9. The zero-order valence-corrected chi connectivity index (χ0v) is 21.4. The fraction of sp³-hybridized carbons (Fsp3) is 0.179. The molecule has 0 bridgehead atoms. The first kappa shape index (κ1) is 25.1. The number of aromatic nitrogens is 3. The third-order valence-corrected chi connectivity index (χ3v) is 7.11. The first-order valence-electron chi connectivity index (χ1n) is 12.1. The van der Waals surface area contributed by atoms with Crippen molar-refractivity contribution in [2.75, 3.05) is 11.4 Å². The van der Waals surface area contributed by atoms with E-state index in [9.17, 15) is 19.5 Å². The van der Waals surface area contributed by atoms with Crippen LogP contribution in [0.2, 0.25) is 0 Å². The zero-order chi connectivity index (χ0) is 26.8. The second-order valence-corrected chi connectivity index (χ2v) is 9.52. The van der Waals surface area contributed by atoms with Crippen LogP contribution in [0.3, 0.4) is 0 Å². The third kappa shape index (κ3) is 4.61. The first-order chi connectivity index (χ1) is 18.4. The molecule has 192 valence electrons. The van der Waals surface area contributed by atoms with Gasteiger partial charge in [-0.15, -0.1) is 0 Å². The largest absolute Gasteiger partial charge is 0.477 e. The summed E-state index contributed by atoms with van der Waals surface area (Å²) in [6, 6.07) is 17.3. The number of carbonyl (C=O) groups excluding carboxylic acids is 2. The summed E-state index contributed by atoms with van der Waals surface area (Å²) in [5.41, 5.74) is 11.1. The molecule has 10 heteroatoms. The van der Waals surface area contributed by atoms with Gasteiger partial charge >= 0.3 is 12.0 Å². The maximum atomic E-state index is 12.8. The van der Waals surface area contributed by atoms with Gasteiger partial charge in [0.1, 0.15) is 23.0 Å². The molecule has 9 nitrogen and oxygen atoms in total. The predicted molar refractivity (Wildman–Crippen MR) is 148 cm³/mol. The van der Waals surface area contributed by atoms with Gasteiger partial charge in [-0.25, -0.2) is 9.59 Å².